The van der Waals surface area contributed by atoms with Gasteiger partial charge in [-0.3, -0.25) is 0 Å². The minimum absolute atomic E-state index is 0.0958. The summed E-state index contributed by atoms with van der Waals surface area (Å²) in [6.45, 7) is 2.43. The first-order valence-corrected chi connectivity index (χ1v) is 5.92. The smallest absolute Gasteiger partial charge is 0.254 e. The quantitative estimate of drug-likeness (QED) is 0.814. The summed E-state index contributed by atoms with van der Waals surface area (Å²) in [5.41, 5.74) is 0.530. The van der Waals surface area contributed by atoms with Crippen molar-refractivity contribution in [3.8, 4) is 5.75 Å². The second-order valence-corrected chi connectivity index (χ2v) is 4.07. The molecule has 1 aromatic carbocycles. The van der Waals surface area contributed by atoms with Crippen LogP contribution in [0.15, 0.2) is 18.2 Å². The van der Waals surface area contributed by atoms with Crippen LogP contribution in [-0.2, 0) is 6.42 Å². The van der Waals surface area contributed by atoms with Crippen molar-refractivity contribution in [2.45, 2.75) is 32.2 Å². The molecule has 102 valence electrons. The van der Waals surface area contributed by atoms with Gasteiger partial charge in [-0.2, -0.15) is 0 Å². The van der Waals surface area contributed by atoms with E-state index in [0.29, 0.717) is 12.1 Å². The molecule has 2 nitrogen and oxygen atoms in total. The zero-order valence-corrected chi connectivity index (χ0v) is 10.6. The molecule has 0 saturated carbocycles. The summed E-state index contributed by atoms with van der Waals surface area (Å²) in [4.78, 5) is 0. The molecule has 18 heavy (non-hydrogen) atoms. The molecule has 0 bridgehead atoms. The van der Waals surface area contributed by atoms with E-state index in [1.165, 1.54) is 19.2 Å². The van der Waals surface area contributed by atoms with Crippen molar-refractivity contribution in [3.05, 3.63) is 29.6 Å². The van der Waals surface area contributed by atoms with Gasteiger partial charge in [0.15, 0.2) is 11.6 Å². The second-order valence-electron chi connectivity index (χ2n) is 4.07. The summed E-state index contributed by atoms with van der Waals surface area (Å²) in [6, 6.07) is 3.34. The molecular weight excluding hydrogens is 243 g/mol. The van der Waals surface area contributed by atoms with Crippen LogP contribution in [0.4, 0.5) is 13.2 Å². The molecule has 0 amide bonds. The Hall–Kier alpha value is -1.23. The maximum absolute atomic E-state index is 13.4. The summed E-state index contributed by atoms with van der Waals surface area (Å²) in [5.74, 6) is -0.410. The predicted molar refractivity (Wildman–Crippen MR) is 64.7 cm³/mol. The molecule has 0 radical (unpaired) electrons. The van der Waals surface area contributed by atoms with Crippen LogP contribution < -0.4 is 10.1 Å². The van der Waals surface area contributed by atoms with Crippen LogP contribution in [0.5, 0.6) is 5.75 Å². The van der Waals surface area contributed by atoms with Gasteiger partial charge in [-0.15, -0.1) is 0 Å². The fourth-order valence-corrected chi connectivity index (χ4v) is 1.67. The van der Waals surface area contributed by atoms with Gasteiger partial charge in [0.05, 0.1) is 13.2 Å². The topological polar surface area (TPSA) is 21.3 Å². The molecule has 0 aliphatic carbocycles. The zero-order valence-electron chi connectivity index (χ0n) is 10.6. The van der Waals surface area contributed by atoms with Crippen LogP contribution in [0, 0.1) is 5.82 Å². The molecular formula is C13H18F3NO. The summed E-state index contributed by atoms with van der Waals surface area (Å²) in [7, 11) is 1.36. The van der Waals surface area contributed by atoms with Gasteiger partial charge in [-0.05, 0) is 37.1 Å². The normalized spacial score (nSPS) is 12.8. The van der Waals surface area contributed by atoms with E-state index in [9.17, 15) is 13.2 Å². The van der Waals surface area contributed by atoms with Crippen molar-refractivity contribution < 1.29 is 17.9 Å². The highest BCUT2D eigenvalue weighted by Crippen LogP contribution is 2.19. The lowest BCUT2D eigenvalue weighted by Crippen LogP contribution is -2.38. The monoisotopic (exact) mass is 261 g/mol. The average molecular weight is 261 g/mol. The first kappa shape index (κ1) is 14.8. The molecule has 0 fully saturated rings. The summed E-state index contributed by atoms with van der Waals surface area (Å²) in [5, 5.41) is 2.76. The SMILES string of the molecule is CCCNC(Cc1ccc(OC)c(F)c1)C(F)F. The van der Waals surface area contributed by atoms with Crippen molar-refractivity contribution in [1.29, 1.82) is 0 Å². The largest absolute Gasteiger partial charge is 0.494 e. The number of methoxy groups -OCH3 is 1. The number of hydrogen-bond donors (Lipinski definition) is 1. The molecule has 5 heteroatoms. The first-order valence-electron chi connectivity index (χ1n) is 5.92. The fraction of sp³-hybridized carbons (Fsp3) is 0.538. The van der Waals surface area contributed by atoms with E-state index in [2.05, 4.69) is 5.32 Å². The molecule has 0 saturated heterocycles. The number of alkyl halides is 2. The Labute approximate surface area is 105 Å². The fourth-order valence-electron chi connectivity index (χ4n) is 1.67. The van der Waals surface area contributed by atoms with Crippen LogP contribution in [0.3, 0.4) is 0 Å². The third kappa shape index (κ3) is 4.22. The Morgan fingerprint density at radius 1 is 1.33 bits per heavy atom. The molecule has 1 N–H and O–H groups in total. The molecule has 1 aromatic rings. The van der Waals surface area contributed by atoms with Crippen molar-refractivity contribution in [1.82, 2.24) is 5.32 Å². The number of hydrogen-bond acceptors (Lipinski definition) is 2. The molecule has 1 unspecified atom stereocenters. The minimum Gasteiger partial charge on any atom is -0.494 e. The molecule has 0 aliphatic heterocycles. The number of halogens is 3. The number of ether oxygens (including phenoxy) is 1. The van der Waals surface area contributed by atoms with E-state index in [1.807, 2.05) is 6.92 Å². The van der Waals surface area contributed by atoms with Crippen LogP contribution >= 0.6 is 0 Å². The van der Waals surface area contributed by atoms with Gasteiger partial charge in [-0.25, -0.2) is 13.2 Å². The Balaban J connectivity index is 2.71. The Bertz CT molecular complexity index is 371. The third-order valence-corrected chi connectivity index (χ3v) is 2.63. The molecule has 1 rings (SSSR count). The third-order valence-electron chi connectivity index (χ3n) is 2.63. The van der Waals surface area contributed by atoms with Crippen LogP contribution in [-0.4, -0.2) is 26.1 Å². The van der Waals surface area contributed by atoms with E-state index < -0.39 is 18.3 Å². The minimum atomic E-state index is -2.47. The van der Waals surface area contributed by atoms with Gasteiger partial charge in [0.25, 0.3) is 6.43 Å². The lowest BCUT2D eigenvalue weighted by Gasteiger charge is -2.17. The standard InChI is InChI=1S/C13H18F3NO/c1-3-6-17-11(13(15)16)8-9-4-5-12(18-2)10(14)7-9/h4-5,7,11,13,17H,3,6,8H2,1-2H3. The number of nitrogens with one attached hydrogen (secondary N) is 1. The molecule has 0 aliphatic rings. The van der Waals surface area contributed by atoms with Gasteiger partial charge >= 0.3 is 0 Å². The van der Waals surface area contributed by atoms with Gasteiger partial charge < -0.3 is 10.1 Å². The number of benzene rings is 1. The van der Waals surface area contributed by atoms with Gasteiger partial charge in [-0.1, -0.05) is 13.0 Å². The Kier molecular flexibility index (Phi) is 5.98. The van der Waals surface area contributed by atoms with Gasteiger partial charge in [0.2, 0.25) is 0 Å². The average Bonchev–Trinajstić information content (AvgIpc) is 2.34. The predicted octanol–water partition coefficient (Wildman–Crippen LogP) is 3.01. The van der Waals surface area contributed by atoms with Crippen molar-refractivity contribution in [2.24, 2.45) is 0 Å². The summed E-state index contributed by atoms with van der Waals surface area (Å²) < 4.78 is 43.7. The maximum Gasteiger partial charge on any atom is 0.254 e. The molecule has 1 atom stereocenters. The zero-order chi connectivity index (χ0) is 13.5. The Morgan fingerprint density at radius 3 is 2.56 bits per heavy atom. The lowest BCUT2D eigenvalue weighted by atomic mass is 10.1. The van der Waals surface area contributed by atoms with E-state index >= 15 is 0 Å². The molecule has 0 heterocycles. The van der Waals surface area contributed by atoms with E-state index in [1.54, 1.807) is 6.07 Å². The summed E-state index contributed by atoms with van der Waals surface area (Å²) >= 11 is 0. The lowest BCUT2D eigenvalue weighted by molar-refractivity contribution is 0.0982. The van der Waals surface area contributed by atoms with Gasteiger partial charge in [0.1, 0.15) is 0 Å². The van der Waals surface area contributed by atoms with E-state index in [4.69, 9.17) is 4.74 Å². The van der Waals surface area contributed by atoms with Crippen molar-refractivity contribution >= 4 is 0 Å². The second kappa shape index (κ2) is 7.26. The molecule has 0 spiro atoms. The highest BCUT2D eigenvalue weighted by atomic mass is 19.3. The highest BCUT2D eigenvalue weighted by molar-refractivity contribution is 5.29. The van der Waals surface area contributed by atoms with Crippen LogP contribution in [0.25, 0.3) is 0 Å². The van der Waals surface area contributed by atoms with E-state index in [0.717, 1.165) is 6.42 Å². The molecule has 0 aromatic heterocycles. The van der Waals surface area contributed by atoms with Crippen molar-refractivity contribution in [2.75, 3.05) is 13.7 Å². The maximum atomic E-state index is 13.4. The Morgan fingerprint density at radius 2 is 2.06 bits per heavy atom. The summed E-state index contributed by atoms with van der Waals surface area (Å²) in [6.07, 6.45) is -1.60. The van der Waals surface area contributed by atoms with Crippen LogP contribution in [0.1, 0.15) is 18.9 Å². The first-order chi connectivity index (χ1) is 8.58. The van der Waals surface area contributed by atoms with Crippen molar-refractivity contribution in [3.63, 3.8) is 0 Å². The van der Waals surface area contributed by atoms with Crippen LogP contribution in [0.2, 0.25) is 0 Å². The van der Waals surface area contributed by atoms with Gasteiger partial charge in [0, 0.05) is 0 Å². The highest BCUT2D eigenvalue weighted by Gasteiger charge is 2.20. The number of rotatable bonds is 7. The van der Waals surface area contributed by atoms with E-state index in [-0.39, 0.29) is 12.2 Å².